The number of nitrogens with one attached hydrogen (secondary N) is 1. The molecule has 0 saturated heterocycles. The normalized spacial score (nSPS) is 13.7. The van der Waals surface area contributed by atoms with E-state index in [0.29, 0.717) is 11.5 Å². The van der Waals surface area contributed by atoms with Crippen LogP contribution >= 0.6 is 34.8 Å². The van der Waals surface area contributed by atoms with E-state index in [1.807, 2.05) is 18.2 Å². The van der Waals surface area contributed by atoms with Gasteiger partial charge in [-0.1, -0.05) is 40.9 Å². The van der Waals surface area contributed by atoms with Crippen LogP contribution in [0.2, 0.25) is 0 Å². The molecular formula is C17H28Cl3N2O2+. The maximum absolute atomic E-state index is 6.21. The Labute approximate surface area is 160 Å². The smallest absolute Gasteiger partial charge is 0.209 e. The third-order valence-corrected chi connectivity index (χ3v) is 5.25. The largest absolute Gasteiger partial charge is 0.493 e. The first-order valence-electron chi connectivity index (χ1n) is 8.06. The monoisotopic (exact) mass is 397 g/mol. The van der Waals surface area contributed by atoms with Crippen LogP contribution in [0.25, 0.3) is 0 Å². The first-order valence-corrected chi connectivity index (χ1v) is 9.19. The Morgan fingerprint density at radius 2 is 1.67 bits per heavy atom. The number of nitrogens with zero attached hydrogens (tertiary/aromatic N) is 1. The number of ether oxygens (including phenoxy) is 2. The topological polar surface area (TPSA) is 30.5 Å². The third kappa shape index (κ3) is 5.85. The molecule has 0 spiro atoms. The lowest BCUT2D eigenvalue weighted by atomic mass is 10.1. The van der Waals surface area contributed by atoms with Gasteiger partial charge >= 0.3 is 0 Å². The number of halogens is 3. The highest BCUT2D eigenvalue weighted by Gasteiger charge is 2.34. The number of benzene rings is 1. The summed E-state index contributed by atoms with van der Waals surface area (Å²) < 4.78 is 10.1. The SMILES string of the molecule is CC[N+](C)(CC)CCN[C@H](c1ccc(OC)c(OC)c1)C(Cl)(Cl)Cl. The predicted octanol–water partition coefficient (Wildman–Crippen LogP) is 4.19. The Morgan fingerprint density at radius 3 is 2.12 bits per heavy atom. The van der Waals surface area contributed by atoms with Gasteiger partial charge in [-0.25, -0.2) is 0 Å². The quantitative estimate of drug-likeness (QED) is 0.500. The molecule has 1 rings (SSSR count). The highest BCUT2D eigenvalue weighted by molar-refractivity contribution is 6.68. The van der Waals surface area contributed by atoms with Gasteiger partial charge in [0.05, 0.1) is 46.9 Å². The summed E-state index contributed by atoms with van der Waals surface area (Å²) in [5.41, 5.74) is 0.842. The lowest BCUT2D eigenvalue weighted by Gasteiger charge is -2.34. The van der Waals surface area contributed by atoms with Crippen LogP contribution in [0.15, 0.2) is 18.2 Å². The van der Waals surface area contributed by atoms with Crippen molar-refractivity contribution >= 4 is 34.8 Å². The van der Waals surface area contributed by atoms with Gasteiger partial charge in [-0.3, -0.25) is 0 Å². The van der Waals surface area contributed by atoms with Gasteiger partial charge in [0.2, 0.25) is 3.79 Å². The molecule has 0 heterocycles. The molecule has 138 valence electrons. The Hall–Kier alpha value is -0.390. The number of hydrogen-bond acceptors (Lipinski definition) is 3. The first-order chi connectivity index (χ1) is 11.2. The molecule has 1 atom stereocenters. The van der Waals surface area contributed by atoms with Crippen LogP contribution in [-0.4, -0.2) is 55.7 Å². The highest BCUT2D eigenvalue weighted by Crippen LogP contribution is 2.41. The van der Waals surface area contributed by atoms with Gasteiger partial charge in [-0.05, 0) is 31.5 Å². The zero-order chi connectivity index (χ0) is 18.4. The van der Waals surface area contributed by atoms with E-state index < -0.39 is 9.83 Å². The molecule has 1 aromatic carbocycles. The van der Waals surface area contributed by atoms with Crippen molar-refractivity contribution in [3.05, 3.63) is 23.8 Å². The summed E-state index contributed by atoms with van der Waals surface area (Å²) in [5.74, 6) is 1.25. The Kier molecular flexibility index (Phi) is 8.43. The van der Waals surface area contributed by atoms with E-state index in [1.54, 1.807) is 14.2 Å². The molecule has 0 bridgehead atoms. The zero-order valence-corrected chi connectivity index (χ0v) is 17.3. The van der Waals surface area contributed by atoms with Crippen molar-refractivity contribution in [1.29, 1.82) is 0 Å². The fourth-order valence-electron chi connectivity index (χ4n) is 2.47. The van der Waals surface area contributed by atoms with E-state index in [9.17, 15) is 0 Å². The second kappa shape index (κ2) is 9.35. The summed E-state index contributed by atoms with van der Waals surface area (Å²) in [6.45, 7) is 8.19. The Morgan fingerprint density at radius 1 is 1.08 bits per heavy atom. The van der Waals surface area contributed by atoms with Crippen LogP contribution in [0.4, 0.5) is 0 Å². The lowest BCUT2D eigenvalue weighted by molar-refractivity contribution is -0.905. The van der Waals surface area contributed by atoms with Crippen molar-refractivity contribution in [1.82, 2.24) is 5.32 Å². The molecule has 24 heavy (non-hydrogen) atoms. The van der Waals surface area contributed by atoms with E-state index >= 15 is 0 Å². The van der Waals surface area contributed by atoms with Gasteiger partial charge in [0.1, 0.15) is 0 Å². The van der Waals surface area contributed by atoms with Crippen LogP contribution in [-0.2, 0) is 0 Å². The van der Waals surface area contributed by atoms with Gasteiger partial charge in [-0.2, -0.15) is 0 Å². The summed E-state index contributed by atoms with van der Waals surface area (Å²) in [4.78, 5) is 0. The number of rotatable bonds is 9. The molecule has 1 aromatic rings. The highest BCUT2D eigenvalue weighted by atomic mass is 35.6. The molecule has 4 nitrogen and oxygen atoms in total. The molecule has 0 aliphatic heterocycles. The number of likely N-dealkylation sites (N-methyl/N-ethyl adjacent to an activating group) is 1. The van der Waals surface area contributed by atoms with E-state index in [-0.39, 0.29) is 0 Å². The molecule has 0 aromatic heterocycles. The average molecular weight is 399 g/mol. The minimum atomic E-state index is -1.47. The standard InChI is InChI=1S/C17H28Cl3N2O2/c1-6-22(3,7-2)11-10-21-16(17(18,19)20)13-8-9-14(23-4)15(12-13)24-5/h8-9,12,16,21H,6-7,10-11H2,1-5H3/q+1/t16-/m1/s1. The minimum absolute atomic E-state index is 0.440. The summed E-state index contributed by atoms with van der Waals surface area (Å²) in [7, 11) is 5.41. The van der Waals surface area contributed by atoms with Crippen molar-refractivity contribution in [2.75, 3.05) is 47.4 Å². The number of quaternary nitrogens is 1. The van der Waals surface area contributed by atoms with Crippen LogP contribution in [0.5, 0.6) is 11.5 Å². The average Bonchev–Trinajstić information content (AvgIpc) is 2.56. The van der Waals surface area contributed by atoms with Crippen LogP contribution in [0.1, 0.15) is 25.5 Å². The predicted molar refractivity (Wildman–Crippen MR) is 103 cm³/mol. The van der Waals surface area contributed by atoms with Gasteiger partial charge < -0.3 is 19.3 Å². The molecule has 0 amide bonds. The van der Waals surface area contributed by atoms with Crippen molar-refractivity contribution in [2.45, 2.75) is 23.7 Å². The molecule has 0 saturated carbocycles. The van der Waals surface area contributed by atoms with Gasteiger partial charge in [-0.15, -0.1) is 0 Å². The molecule has 0 unspecified atom stereocenters. The summed E-state index contributed by atoms with van der Waals surface area (Å²) in [6, 6.07) is 5.10. The second-order valence-electron chi connectivity index (χ2n) is 6.02. The summed E-state index contributed by atoms with van der Waals surface area (Å²) in [5, 5.41) is 3.38. The van der Waals surface area contributed by atoms with Crippen LogP contribution in [0.3, 0.4) is 0 Å². The minimum Gasteiger partial charge on any atom is -0.493 e. The Balaban J connectivity index is 2.95. The number of methoxy groups -OCH3 is 2. The van der Waals surface area contributed by atoms with Crippen molar-refractivity contribution < 1.29 is 14.0 Å². The van der Waals surface area contributed by atoms with Crippen molar-refractivity contribution in [3.63, 3.8) is 0 Å². The van der Waals surface area contributed by atoms with Gasteiger partial charge in [0.15, 0.2) is 11.5 Å². The number of alkyl halides is 3. The molecule has 0 aliphatic carbocycles. The van der Waals surface area contributed by atoms with Crippen LogP contribution in [0, 0.1) is 0 Å². The first kappa shape index (κ1) is 21.7. The van der Waals surface area contributed by atoms with Crippen molar-refractivity contribution in [2.24, 2.45) is 0 Å². The number of hydrogen-bond donors (Lipinski definition) is 1. The molecule has 7 heteroatoms. The van der Waals surface area contributed by atoms with Crippen LogP contribution < -0.4 is 14.8 Å². The maximum atomic E-state index is 6.21. The molecular weight excluding hydrogens is 371 g/mol. The van der Waals surface area contributed by atoms with Gasteiger partial charge in [0, 0.05) is 6.54 Å². The van der Waals surface area contributed by atoms with E-state index in [1.165, 1.54) is 0 Å². The third-order valence-electron chi connectivity index (χ3n) is 4.60. The lowest BCUT2D eigenvalue weighted by Crippen LogP contribution is -2.48. The van der Waals surface area contributed by atoms with E-state index in [0.717, 1.165) is 36.2 Å². The molecule has 1 N–H and O–H groups in total. The van der Waals surface area contributed by atoms with E-state index in [2.05, 4.69) is 26.2 Å². The fourth-order valence-corrected chi connectivity index (χ4v) is 3.08. The second-order valence-corrected chi connectivity index (χ2v) is 8.39. The summed E-state index contributed by atoms with van der Waals surface area (Å²) in [6.07, 6.45) is 0. The molecule has 0 fully saturated rings. The maximum Gasteiger partial charge on any atom is 0.209 e. The van der Waals surface area contributed by atoms with E-state index in [4.69, 9.17) is 44.3 Å². The molecule has 0 aliphatic rings. The molecule has 0 radical (unpaired) electrons. The Bertz CT molecular complexity index is 517. The van der Waals surface area contributed by atoms with Gasteiger partial charge in [0.25, 0.3) is 0 Å². The fraction of sp³-hybridized carbons (Fsp3) is 0.647. The van der Waals surface area contributed by atoms with Crippen molar-refractivity contribution in [3.8, 4) is 11.5 Å². The summed E-state index contributed by atoms with van der Waals surface area (Å²) >= 11 is 18.6. The zero-order valence-electron chi connectivity index (χ0n) is 15.0.